The first-order valence-corrected chi connectivity index (χ1v) is 9.90. The lowest BCUT2D eigenvalue weighted by Gasteiger charge is -2.26. The Morgan fingerprint density at radius 2 is 1.73 bits per heavy atom. The largest absolute Gasteiger partial charge is 0.506 e. The Bertz CT molecular complexity index is 899. The van der Waals surface area contributed by atoms with Crippen LogP contribution >= 0.6 is 0 Å². The zero-order valence-electron chi connectivity index (χ0n) is 16.3. The van der Waals surface area contributed by atoms with Crippen LogP contribution in [0.15, 0.2) is 42.6 Å². The number of rotatable bonds is 5. The standard InChI is InChI=1S/C22H23F3N2O3/c23-22(24,25)17-3-1-14(2-4-17)7-21(30)8-15-11-27(12-16(15)9-21)13-20(29)19-6-5-18(28)10-26-19/h1-6,10,15-16,28,30H,7-9,11-13H2/t15-,16?,21?/m0/s1. The fourth-order valence-corrected chi connectivity index (χ4v) is 4.86. The van der Waals surface area contributed by atoms with Gasteiger partial charge in [-0.25, -0.2) is 4.98 Å². The first-order valence-electron chi connectivity index (χ1n) is 9.90. The molecule has 2 heterocycles. The van der Waals surface area contributed by atoms with Crippen molar-refractivity contribution in [3.63, 3.8) is 0 Å². The molecule has 4 rings (SSSR count). The highest BCUT2D eigenvalue weighted by Crippen LogP contribution is 2.45. The number of carbonyl (C=O) groups excluding carboxylic acids is 1. The first-order chi connectivity index (χ1) is 14.1. The molecule has 2 N–H and O–H groups in total. The van der Waals surface area contributed by atoms with Crippen LogP contribution in [0.1, 0.15) is 34.5 Å². The third kappa shape index (κ3) is 4.49. The van der Waals surface area contributed by atoms with Gasteiger partial charge in [0.25, 0.3) is 0 Å². The van der Waals surface area contributed by atoms with Crippen molar-refractivity contribution in [1.29, 1.82) is 0 Å². The molecule has 2 aliphatic rings. The van der Waals surface area contributed by atoms with Gasteiger partial charge in [-0.3, -0.25) is 9.69 Å². The molecule has 1 aliphatic carbocycles. The van der Waals surface area contributed by atoms with Crippen LogP contribution in [0, 0.1) is 11.8 Å². The molecule has 0 amide bonds. The third-order valence-electron chi connectivity index (χ3n) is 6.15. The average molecular weight is 420 g/mol. The Morgan fingerprint density at radius 1 is 1.10 bits per heavy atom. The fourth-order valence-electron chi connectivity index (χ4n) is 4.86. The first kappa shape index (κ1) is 20.8. The van der Waals surface area contributed by atoms with Crippen molar-refractivity contribution in [2.24, 2.45) is 11.8 Å². The predicted octanol–water partition coefficient (Wildman–Crippen LogP) is 3.30. The summed E-state index contributed by atoms with van der Waals surface area (Å²) in [6.07, 6.45) is -1.65. The number of Topliss-reactive ketones (excluding diaryl/α,β-unsaturated/α-hetero) is 1. The van der Waals surface area contributed by atoms with Gasteiger partial charge in [-0.1, -0.05) is 12.1 Å². The minimum Gasteiger partial charge on any atom is -0.506 e. The number of carbonyl (C=O) groups is 1. The number of aromatic nitrogens is 1. The van der Waals surface area contributed by atoms with Crippen molar-refractivity contribution >= 4 is 5.78 Å². The SMILES string of the molecule is O=C(CN1CC2CC(O)(Cc3ccc(C(F)(F)F)cc3)C[C@H]2C1)c1ccc(O)cn1. The summed E-state index contributed by atoms with van der Waals surface area (Å²) < 4.78 is 38.1. The number of benzene rings is 1. The van der Waals surface area contributed by atoms with Crippen LogP contribution in [-0.4, -0.2) is 51.1 Å². The molecule has 160 valence electrons. The normalized spacial score (nSPS) is 26.7. The summed E-state index contributed by atoms with van der Waals surface area (Å²) in [6.45, 7) is 1.63. The maximum Gasteiger partial charge on any atom is 0.416 e. The summed E-state index contributed by atoms with van der Waals surface area (Å²) in [5, 5.41) is 20.3. The lowest BCUT2D eigenvalue weighted by Crippen LogP contribution is -2.34. The molecule has 3 atom stereocenters. The molecule has 2 unspecified atom stereocenters. The van der Waals surface area contributed by atoms with Crippen LogP contribution in [0.25, 0.3) is 0 Å². The smallest absolute Gasteiger partial charge is 0.416 e. The number of hydrogen-bond donors (Lipinski definition) is 2. The van der Waals surface area contributed by atoms with E-state index in [1.165, 1.54) is 30.5 Å². The number of halogens is 3. The molecule has 2 aromatic rings. The highest BCUT2D eigenvalue weighted by atomic mass is 19.4. The summed E-state index contributed by atoms with van der Waals surface area (Å²) in [5.74, 6) is 0.402. The van der Waals surface area contributed by atoms with Crippen molar-refractivity contribution in [3.05, 3.63) is 59.4 Å². The van der Waals surface area contributed by atoms with E-state index in [-0.39, 0.29) is 29.9 Å². The van der Waals surface area contributed by atoms with Crippen LogP contribution in [0.2, 0.25) is 0 Å². The van der Waals surface area contributed by atoms with E-state index in [0.717, 1.165) is 12.1 Å². The highest BCUT2D eigenvalue weighted by molar-refractivity contribution is 5.95. The monoisotopic (exact) mass is 420 g/mol. The minimum absolute atomic E-state index is 0.00888. The number of hydrogen-bond acceptors (Lipinski definition) is 5. The van der Waals surface area contributed by atoms with E-state index in [1.54, 1.807) is 0 Å². The summed E-state index contributed by atoms with van der Waals surface area (Å²) in [7, 11) is 0. The Labute approximate surface area is 172 Å². The van der Waals surface area contributed by atoms with E-state index in [2.05, 4.69) is 9.88 Å². The Kier molecular flexibility index (Phi) is 5.32. The molecule has 1 aromatic heterocycles. The number of alkyl halides is 3. The molecular weight excluding hydrogens is 397 g/mol. The highest BCUT2D eigenvalue weighted by Gasteiger charge is 2.48. The zero-order valence-corrected chi connectivity index (χ0v) is 16.3. The van der Waals surface area contributed by atoms with Crippen LogP contribution in [-0.2, 0) is 12.6 Å². The van der Waals surface area contributed by atoms with Crippen LogP contribution < -0.4 is 0 Å². The third-order valence-corrected chi connectivity index (χ3v) is 6.15. The van der Waals surface area contributed by atoms with Gasteiger partial charge >= 0.3 is 6.18 Å². The van der Waals surface area contributed by atoms with E-state index < -0.39 is 17.3 Å². The second-order valence-corrected chi connectivity index (χ2v) is 8.54. The zero-order chi connectivity index (χ0) is 21.5. The van der Waals surface area contributed by atoms with Crippen LogP contribution in [0.5, 0.6) is 5.75 Å². The number of nitrogens with zero attached hydrogens (tertiary/aromatic N) is 2. The topological polar surface area (TPSA) is 73.7 Å². The molecule has 1 aromatic carbocycles. The second-order valence-electron chi connectivity index (χ2n) is 8.54. The predicted molar refractivity (Wildman–Crippen MR) is 103 cm³/mol. The summed E-state index contributed by atoms with van der Waals surface area (Å²) >= 11 is 0. The lowest BCUT2D eigenvalue weighted by atomic mass is 9.91. The molecule has 1 aliphatic heterocycles. The van der Waals surface area contributed by atoms with Gasteiger partial charge in [0.1, 0.15) is 11.4 Å². The maximum absolute atomic E-state index is 12.7. The number of ketones is 1. The fraction of sp³-hybridized carbons (Fsp3) is 0.455. The quantitative estimate of drug-likeness (QED) is 0.727. The molecule has 0 spiro atoms. The van der Waals surface area contributed by atoms with Crippen LogP contribution in [0.3, 0.4) is 0 Å². The number of aliphatic hydroxyl groups is 1. The maximum atomic E-state index is 12.7. The minimum atomic E-state index is -4.36. The van der Waals surface area contributed by atoms with Crippen molar-refractivity contribution in [3.8, 4) is 5.75 Å². The van der Waals surface area contributed by atoms with Crippen molar-refractivity contribution in [1.82, 2.24) is 9.88 Å². The van der Waals surface area contributed by atoms with E-state index in [1.807, 2.05) is 0 Å². The van der Waals surface area contributed by atoms with Crippen molar-refractivity contribution < 1.29 is 28.2 Å². The Morgan fingerprint density at radius 3 is 2.27 bits per heavy atom. The van der Waals surface area contributed by atoms with Gasteiger partial charge in [-0.05, 0) is 54.5 Å². The van der Waals surface area contributed by atoms with Crippen LogP contribution in [0.4, 0.5) is 13.2 Å². The Hall–Kier alpha value is -2.45. The summed E-state index contributed by atoms with van der Waals surface area (Å²) in [4.78, 5) is 18.4. The van der Waals surface area contributed by atoms with E-state index in [9.17, 15) is 28.2 Å². The average Bonchev–Trinajstić information content (AvgIpc) is 3.15. The molecule has 0 radical (unpaired) electrons. The molecule has 0 bridgehead atoms. The molecule has 8 heteroatoms. The van der Waals surface area contributed by atoms with Gasteiger partial charge in [0.05, 0.1) is 23.9 Å². The summed E-state index contributed by atoms with van der Waals surface area (Å²) in [6, 6.07) is 7.91. The number of pyridine rings is 1. The molecule has 30 heavy (non-hydrogen) atoms. The summed E-state index contributed by atoms with van der Waals surface area (Å²) in [5.41, 5.74) is -0.617. The molecule has 1 saturated carbocycles. The van der Waals surface area contributed by atoms with E-state index >= 15 is 0 Å². The van der Waals surface area contributed by atoms with Gasteiger partial charge in [0.2, 0.25) is 0 Å². The van der Waals surface area contributed by atoms with Gasteiger partial charge in [-0.2, -0.15) is 13.2 Å². The number of likely N-dealkylation sites (tertiary alicyclic amines) is 1. The molecular formula is C22H23F3N2O3. The second kappa shape index (κ2) is 7.67. The van der Waals surface area contributed by atoms with Gasteiger partial charge in [-0.15, -0.1) is 0 Å². The van der Waals surface area contributed by atoms with E-state index in [4.69, 9.17) is 0 Å². The molecule has 2 fully saturated rings. The van der Waals surface area contributed by atoms with Crippen molar-refractivity contribution in [2.45, 2.75) is 31.0 Å². The van der Waals surface area contributed by atoms with Gasteiger partial charge in [0.15, 0.2) is 5.78 Å². The molecule has 1 saturated heterocycles. The van der Waals surface area contributed by atoms with Gasteiger partial charge < -0.3 is 10.2 Å². The lowest BCUT2D eigenvalue weighted by molar-refractivity contribution is -0.137. The molecule has 5 nitrogen and oxygen atoms in total. The van der Waals surface area contributed by atoms with Crippen molar-refractivity contribution in [2.75, 3.05) is 19.6 Å². The van der Waals surface area contributed by atoms with Gasteiger partial charge in [0, 0.05) is 19.5 Å². The number of fused-ring (bicyclic) bond motifs is 1. The number of aromatic hydroxyl groups is 1. The van der Waals surface area contributed by atoms with E-state index in [0.29, 0.717) is 43.6 Å². The Balaban J connectivity index is 1.32.